The summed E-state index contributed by atoms with van der Waals surface area (Å²) in [4.78, 5) is 29.8. The Hall–Kier alpha value is -2.41. The van der Waals surface area contributed by atoms with Gasteiger partial charge in [-0.25, -0.2) is 9.69 Å². The van der Waals surface area contributed by atoms with Gasteiger partial charge in [-0.3, -0.25) is 4.79 Å². The van der Waals surface area contributed by atoms with Gasteiger partial charge < -0.3 is 15.1 Å². The van der Waals surface area contributed by atoms with Crippen LogP contribution in [0.5, 0.6) is 0 Å². The lowest BCUT2D eigenvalue weighted by molar-refractivity contribution is -1.02. The van der Waals surface area contributed by atoms with Gasteiger partial charge in [0.1, 0.15) is 38.3 Å². The second-order valence-corrected chi connectivity index (χ2v) is 8.56. The van der Waals surface area contributed by atoms with Crippen molar-refractivity contribution in [2.24, 2.45) is 0 Å². The Kier molecular flexibility index (Phi) is 5.58. The summed E-state index contributed by atoms with van der Waals surface area (Å²) in [5.41, 5.74) is 1.06. The van der Waals surface area contributed by atoms with Crippen LogP contribution in [0, 0.1) is 0 Å². The highest BCUT2D eigenvalue weighted by atomic mass is 35.5. The zero-order chi connectivity index (χ0) is 20.4. The molecule has 6 nitrogen and oxygen atoms in total. The third-order valence-electron chi connectivity index (χ3n) is 6.02. The molecule has 0 spiro atoms. The molecule has 2 heterocycles. The van der Waals surface area contributed by atoms with Crippen LogP contribution in [0.2, 0.25) is 5.02 Å². The van der Waals surface area contributed by atoms with Crippen molar-refractivity contribution in [3.63, 3.8) is 0 Å². The van der Waals surface area contributed by atoms with E-state index in [0.29, 0.717) is 6.67 Å². The van der Waals surface area contributed by atoms with Gasteiger partial charge in [0.2, 0.25) is 0 Å². The Morgan fingerprint density at radius 3 is 2.38 bits per heavy atom. The fraction of sp³-hybridized carbons (Fsp3) is 0.364. The molecule has 0 aliphatic carbocycles. The van der Waals surface area contributed by atoms with E-state index in [9.17, 15) is 9.59 Å². The first-order valence-electron chi connectivity index (χ1n) is 10.1. The molecule has 1 atom stereocenters. The van der Waals surface area contributed by atoms with Crippen molar-refractivity contribution >= 4 is 23.5 Å². The maximum Gasteiger partial charge on any atom is 0.329 e. The van der Waals surface area contributed by atoms with Gasteiger partial charge in [-0.15, -0.1) is 0 Å². The lowest BCUT2D eigenvalue weighted by Gasteiger charge is -2.31. The van der Waals surface area contributed by atoms with E-state index in [2.05, 4.69) is 11.4 Å². The fourth-order valence-corrected chi connectivity index (χ4v) is 4.47. The van der Waals surface area contributed by atoms with E-state index in [1.54, 1.807) is 6.92 Å². The number of nitrogens with zero attached hydrogens (tertiary/aromatic N) is 1. The first-order valence-corrected chi connectivity index (χ1v) is 10.4. The number of carbonyl (C=O) groups is 2. The summed E-state index contributed by atoms with van der Waals surface area (Å²) in [6, 6.07) is 17.1. The molecule has 2 saturated heterocycles. The van der Waals surface area contributed by atoms with E-state index in [1.807, 2.05) is 48.5 Å². The van der Waals surface area contributed by atoms with Crippen molar-refractivity contribution in [1.82, 2.24) is 10.2 Å². The number of nitrogens with one attached hydrogen (secondary N) is 3. The summed E-state index contributed by atoms with van der Waals surface area (Å²) in [6.45, 7) is 7.00. The molecule has 29 heavy (non-hydrogen) atoms. The van der Waals surface area contributed by atoms with Crippen molar-refractivity contribution in [3.8, 4) is 0 Å². The van der Waals surface area contributed by atoms with Gasteiger partial charge >= 0.3 is 6.03 Å². The molecule has 2 aromatic rings. The van der Waals surface area contributed by atoms with E-state index in [-0.39, 0.29) is 11.9 Å². The Labute approximate surface area is 176 Å². The number of benzene rings is 2. The lowest BCUT2D eigenvalue weighted by atomic mass is 9.92. The molecule has 2 aliphatic heterocycles. The second kappa shape index (κ2) is 8.14. The van der Waals surface area contributed by atoms with Crippen molar-refractivity contribution in [2.45, 2.75) is 19.0 Å². The van der Waals surface area contributed by atoms with Crippen molar-refractivity contribution in [3.05, 3.63) is 70.7 Å². The maximum atomic E-state index is 13.1. The van der Waals surface area contributed by atoms with Crippen LogP contribution in [0.4, 0.5) is 4.79 Å². The van der Waals surface area contributed by atoms with E-state index in [4.69, 9.17) is 11.6 Å². The zero-order valence-corrected chi connectivity index (χ0v) is 17.3. The van der Waals surface area contributed by atoms with Crippen molar-refractivity contribution in [1.29, 1.82) is 0 Å². The Morgan fingerprint density at radius 1 is 1.00 bits per heavy atom. The normalized spacial score (nSPS) is 27.2. The highest BCUT2D eigenvalue weighted by Gasteiger charge is 2.50. The molecule has 152 valence electrons. The third kappa shape index (κ3) is 4.15. The summed E-state index contributed by atoms with van der Waals surface area (Å²) in [6.07, 6.45) is 0. The molecule has 0 radical (unpaired) electrons. The Morgan fingerprint density at radius 2 is 1.69 bits per heavy atom. The summed E-state index contributed by atoms with van der Waals surface area (Å²) in [5.74, 6) is -0.171. The minimum Gasteiger partial charge on any atom is -0.322 e. The number of imide groups is 1. The van der Waals surface area contributed by atoms with Gasteiger partial charge in [0.05, 0.1) is 0 Å². The fourth-order valence-electron chi connectivity index (χ4n) is 4.26. The van der Waals surface area contributed by atoms with Crippen LogP contribution in [0.1, 0.15) is 18.1 Å². The summed E-state index contributed by atoms with van der Waals surface area (Å²) in [5, 5.41) is 3.66. The molecule has 2 aliphatic rings. The number of carbonyl (C=O) groups excluding carboxylic acids is 2. The average molecular weight is 415 g/mol. The molecular weight excluding hydrogens is 388 g/mol. The lowest BCUT2D eigenvalue weighted by Crippen LogP contribution is -3.28. The van der Waals surface area contributed by atoms with Crippen LogP contribution < -0.4 is 15.1 Å². The molecule has 7 heteroatoms. The smallest absolute Gasteiger partial charge is 0.322 e. The molecule has 0 saturated carbocycles. The molecule has 0 aromatic heterocycles. The predicted molar refractivity (Wildman–Crippen MR) is 111 cm³/mol. The Bertz CT molecular complexity index is 899. The molecule has 2 fully saturated rings. The number of amides is 3. The number of rotatable bonds is 5. The molecule has 4 rings (SSSR count). The van der Waals surface area contributed by atoms with Crippen LogP contribution in [0.15, 0.2) is 54.6 Å². The third-order valence-corrected chi connectivity index (χ3v) is 6.25. The molecule has 3 amide bonds. The monoisotopic (exact) mass is 414 g/mol. The highest BCUT2D eigenvalue weighted by Crippen LogP contribution is 2.27. The standard InChI is InChI=1S/C22H25ClN4O2/c1-22(18-7-3-2-4-8-18)20(28)27(21(29)24-22)16-26-12-10-25(11-13-26)15-17-6-5-9-19(23)14-17/h2-9,14H,10-13,15-16H2,1H3,(H,24,29)/p+2/t22-/m0/s1. The summed E-state index contributed by atoms with van der Waals surface area (Å²) >= 11 is 6.09. The van der Waals surface area contributed by atoms with Crippen molar-refractivity contribution < 1.29 is 19.4 Å². The number of piperazine rings is 1. The molecular formula is C22H27ClN4O2+2. The Balaban J connectivity index is 1.35. The number of hydrogen-bond donors (Lipinski definition) is 3. The topological polar surface area (TPSA) is 58.3 Å². The number of quaternary nitrogens is 2. The molecule has 0 bridgehead atoms. The maximum absolute atomic E-state index is 13.1. The van der Waals surface area contributed by atoms with Crippen LogP contribution in [-0.4, -0.2) is 49.7 Å². The quantitative estimate of drug-likeness (QED) is 0.605. The SMILES string of the molecule is C[C@@]1(c2ccccc2)NC(=O)N(C[NH+]2CC[NH+](Cc3cccc(Cl)c3)CC2)C1=O. The summed E-state index contributed by atoms with van der Waals surface area (Å²) < 4.78 is 0. The largest absolute Gasteiger partial charge is 0.329 e. The number of hydrogen-bond acceptors (Lipinski definition) is 2. The zero-order valence-electron chi connectivity index (χ0n) is 16.6. The van der Waals surface area contributed by atoms with Crippen LogP contribution in [-0.2, 0) is 16.9 Å². The van der Waals surface area contributed by atoms with E-state index >= 15 is 0 Å². The van der Waals surface area contributed by atoms with Gasteiger partial charge in [0.15, 0.2) is 6.67 Å². The van der Waals surface area contributed by atoms with Gasteiger partial charge in [0, 0.05) is 10.6 Å². The number of halogens is 1. The molecule has 3 N–H and O–H groups in total. The predicted octanol–water partition coefficient (Wildman–Crippen LogP) is 0.0481. The first kappa shape index (κ1) is 19.9. The van der Waals surface area contributed by atoms with Gasteiger partial charge in [-0.05, 0) is 24.6 Å². The second-order valence-electron chi connectivity index (χ2n) is 8.12. The van der Waals surface area contributed by atoms with Gasteiger partial charge in [0.25, 0.3) is 5.91 Å². The van der Waals surface area contributed by atoms with Gasteiger partial charge in [-0.1, -0.05) is 54.1 Å². The van der Waals surface area contributed by atoms with Gasteiger partial charge in [-0.2, -0.15) is 0 Å². The van der Waals surface area contributed by atoms with E-state index in [1.165, 1.54) is 20.3 Å². The molecule has 0 unspecified atom stereocenters. The first-order chi connectivity index (χ1) is 14.0. The minimum absolute atomic E-state index is 0.171. The highest BCUT2D eigenvalue weighted by molar-refractivity contribution is 6.30. The van der Waals surface area contributed by atoms with Crippen LogP contribution in [0.3, 0.4) is 0 Å². The van der Waals surface area contributed by atoms with E-state index < -0.39 is 5.54 Å². The molecule has 2 aromatic carbocycles. The van der Waals surface area contributed by atoms with Crippen LogP contribution in [0.25, 0.3) is 0 Å². The number of urea groups is 1. The average Bonchev–Trinajstić information content (AvgIpc) is 2.94. The van der Waals surface area contributed by atoms with E-state index in [0.717, 1.165) is 43.3 Å². The minimum atomic E-state index is -0.989. The summed E-state index contributed by atoms with van der Waals surface area (Å²) in [7, 11) is 0. The van der Waals surface area contributed by atoms with Crippen LogP contribution >= 0.6 is 11.6 Å². The van der Waals surface area contributed by atoms with Crippen molar-refractivity contribution in [2.75, 3.05) is 32.8 Å².